The summed E-state index contributed by atoms with van der Waals surface area (Å²) in [6.07, 6.45) is -0.341. The van der Waals surface area contributed by atoms with Gasteiger partial charge < -0.3 is 4.74 Å². The van der Waals surface area contributed by atoms with E-state index in [1.54, 1.807) is 6.92 Å². The average Bonchev–Trinajstić information content (AvgIpc) is 2.26. The Morgan fingerprint density at radius 1 is 1.20 bits per heavy atom. The highest BCUT2D eigenvalue weighted by Gasteiger charge is 2.22. The van der Waals surface area contributed by atoms with Gasteiger partial charge in [0.05, 0.1) is 15.6 Å². The molecule has 0 amide bonds. The molecule has 112 valence electrons. The minimum atomic E-state index is -4.05. The zero-order valence-corrected chi connectivity index (χ0v) is 13.5. The van der Waals surface area contributed by atoms with Gasteiger partial charge in [0.25, 0.3) is 0 Å². The number of ether oxygens (including phenoxy) is 1. The van der Waals surface area contributed by atoms with Crippen LogP contribution in [0.2, 0.25) is 10.0 Å². The Balaban J connectivity index is 3.22. The molecule has 1 rings (SSSR count). The third-order valence-corrected chi connectivity index (χ3v) is 4.47. The van der Waals surface area contributed by atoms with Gasteiger partial charge in [-0.2, -0.15) is 0 Å². The number of halogens is 2. The third kappa shape index (κ3) is 4.09. The summed E-state index contributed by atoms with van der Waals surface area (Å²) in [7, 11) is -4.05. The fourth-order valence-corrected chi connectivity index (χ4v) is 2.67. The zero-order chi connectivity index (χ0) is 15.7. The molecular formula is C12H15Cl2NO4S. The number of carbonyl (C=O) groups is 1. The van der Waals surface area contributed by atoms with E-state index < -0.39 is 16.0 Å². The number of hydrogen-bond acceptors (Lipinski definition) is 4. The first-order valence-corrected chi connectivity index (χ1v) is 8.07. The number of esters is 1. The van der Waals surface area contributed by atoms with Gasteiger partial charge in [0.2, 0.25) is 10.0 Å². The molecular weight excluding hydrogens is 325 g/mol. The number of benzene rings is 1. The Hall–Kier alpha value is -0.820. The van der Waals surface area contributed by atoms with Gasteiger partial charge in [-0.05, 0) is 25.0 Å². The van der Waals surface area contributed by atoms with Crippen molar-refractivity contribution in [3.63, 3.8) is 0 Å². The predicted molar refractivity (Wildman–Crippen MR) is 77.6 cm³/mol. The van der Waals surface area contributed by atoms with Crippen LogP contribution in [0.5, 0.6) is 0 Å². The van der Waals surface area contributed by atoms with Crippen molar-refractivity contribution in [1.29, 1.82) is 0 Å². The molecule has 0 saturated heterocycles. The van der Waals surface area contributed by atoms with Crippen molar-refractivity contribution in [1.82, 2.24) is 0 Å². The van der Waals surface area contributed by atoms with Gasteiger partial charge in [0, 0.05) is 0 Å². The van der Waals surface area contributed by atoms with Gasteiger partial charge in [-0.15, -0.1) is 0 Å². The average molecular weight is 340 g/mol. The van der Waals surface area contributed by atoms with E-state index in [0.717, 1.165) is 12.1 Å². The van der Waals surface area contributed by atoms with Crippen LogP contribution in [0.1, 0.15) is 31.1 Å². The normalized spacial score (nSPS) is 13.3. The molecule has 0 saturated carbocycles. The molecule has 5 nitrogen and oxygen atoms in total. The van der Waals surface area contributed by atoms with Crippen molar-refractivity contribution < 1.29 is 17.9 Å². The molecule has 0 aromatic heterocycles. The molecule has 0 aliphatic heterocycles. The van der Waals surface area contributed by atoms with Crippen molar-refractivity contribution in [2.24, 2.45) is 11.1 Å². The van der Waals surface area contributed by atoms with E-state index in [2.05, 4.69) is 0 Å². The summed E-state index contributed by atoms with van der Waals surface area (Å²) in [6.45, 7) is 5.50. The van der Waals surface area contributed by atoms with Crippen LogP contribution < -0.4 is 5.14 Å². The summed E-state index contributed by atoms with van der Waals surface area (Å²) in [5.41, 5.74) is -0.0902. The molecule has 2 N–H and O–H groups in total. The highest BCUT2D eigenvalue weighted by Crippen LogP contribution is 2.29. The van der Waals surface area contributed by atoms with Gasteiger partial charge in [0.15, 0.2) is 0 Å². The maximum Gasteiger partial charge on any atom is 0.339 e. The smallest absolute Gasteiger partial charge is 0.339 e. The SMILES string of the molecule is CC(C)C(C)OC(=O)c1cc(S(N)(=O)=O)c(Cl)cc1Cl. The summed E-state index contributed by atoms with van der Waals surface area (Å²) in [5, 5.41) is 4.87. The molecule has 1 unspecified atom stereocenters. The number of nitrogens with two attached hydrogens (primary N) is 1. The van der Waals surface area contributed by atoms with E-state index in [0.29, 0.717) is 0 Å². The molecule has 0 bridgehead atoms. The van der Waals surface area contributed by atoms with Crippen LogP contribution in [0.15, 0.2) is 17.0 Å². The van der Waals surface area contributed by atoms with E-state index in [-0.39, 0.29) is 32.5 Å². The largest absolute Gasteiger partial charge is 0.459 e. The fraction of sp³-hybridized carbons (Fsp3) is 0.417. The number of primary sulfonamides is 1. The number of hydrogen-bond donors (Lipinski definition) is 1. The van der Waals surface area contributed by atoms with Crippen LogP contribution in [0, 0.1) is 5.92 Å². The van der Waals surface area contributed by atoms with Gasteiger partial charge in [-0.3, -0.25) is 0 Å². The van der Waals surface area contributed by atoms with Crippen LogP contribution in [0.4, 0.5) is 0 Å². The molecule has 8 heteroatoms. The summed E-state index contributed by atoms with van der Waals surface area (Å²) in [4.78, 5) is 11.6. The van der Waals surface area contributed by atoms with E-state index in [9.17, 15) is 13.2 Å². The Labute approximate surface area is 128 Å². The van der Waals surface area contributed by atoms with Crippen LogP contribution >= 0.6 is 23.2 Å². The van der Waals surface area contributed by atoms with Crippen LogP contribution in [0.3, 0.4) is 0 Å². The lowest BCUT2D eigenvalue weighted by atomic mass is 10.1. The molecule has 1 aromatic rings. The Morgan fingerprint density at radius 3 is 2.20 bits per heavy atom. The van der Waals surface area contributed by atoms with Crippen molar-refractivity contribution in [2.75, 3.05) is 0 Å². The monoisotopic (exact) mass is 339 g/mol. The van der Waals surface area contributed by atoms with Crippen LogP contribution in [-0.2, 0) is 14.8 Å². The van der Waals surface area contributed by atoms with Gasteiger partial charge in [0.1, 0.15) is 11.0 Å². The van der Waals surface area contributed by atoms with E-state index in [4.69, 9.17) is 33.1 Å². The maximum absolute atomic E-state index is 12.0. The third-order valence-electron chi connectivity index (χ3n) is 2.78. The summed E-state index contributed by atoms with van der Waals surface area (Å²) in [6, 6.07) is 2.18. The van der Waals surface area contributed by atoms with Crippen LogP contribution in [-0.4, -0.2) is 20.5 Å². The second-order valence-electron chi connectivity index (χ2n) is 4.66. The van der Waals surface area contributed by atoms with Crippen molar-refractivity contribution in [3.8, 4) is 0 Å². The fourth-order valence-electron chi connectivity index (χ4n) is 1.27. The molecule has 0 aliphatic rings. The maximum atomic E-state index is 12.0. The Morgan fingerprint density at radius 2 is 1.75 bits per heavy atom. The molecule has 0 heterocycles. The predicted octanol–water partition coefficient (Wildman–Crippen LogP) is 2.84. The highest BCUT2D eigenvalue weighted by molar-refractivity contribution is 7.89. The second-order valence-corrected chi connectivity index (χ2v) is 7.01. The molecule has 0 spiro atoms. The summed E-state index contributed by atoms with van der Waals surface area (Å²) in [5.74, 6) is -0.611. The summed E-state index contributed by atoms with van der Waals surface area (Å²) >= 11 is 11.6. The molecule has 0 radical (unpaired) electrons. The van der Waals surface area contributed by atoms with E-state index in [1.165, 1.54) is 0 Å². The van der Waals surface area contributed by atoms with Crippen molar-refractivity contribution in [3.05, 3.63) is 27.7 Å². The molecule has 1 aromatic carbocycles. The minimum Gasteiger partial charge on any atom is -0.459 e. The number of sulfonamides is 1. The molecule has 0 aliphatic carbocycles. The highest BCUT2D eigenvalue weighted by atomic mass is 35.5. The lowest BCUT2D eigenvalue weighted by Gasteiger charge is -2.17. The minimum absolute atomic E-state index is 0.00311. The summed E-state index contributed by atoms with van der Waals surface area (Å²) < 4.78 is 27.9. The zero-order valence-electron chi connectivity index (χ0n) is 11.2. The second kappa shape index (κ2) is 6.30. The standard InChI is InChI=1S/C12H15Cl2NO4S/c1-6(2)7(3)19-12(16)8-4-11(20(15,17)18)10(14)5-9(8)13/h4-7H,1-3H3,(H2,15,17,18). The molecule has 1 atom stereocenters. The van der Waals surface area contributed by atoms with E-state index >= 15 is 0 Å². The number of carbonyl (C=O) groups excluding carboxylic acids is 1. The lowest BCUT2D eigenvalue weighted by Crippen LogP contribution is -2.21. The quantitative estimate of drug-likeness (QED) is 0.854. The first-order chi connectivity index (χ1) is 9.04. The van der Waals surface area contributed by atoms with Crippen LogP contribution in [0.25, 0.3) is 0 Å². The van der Waals surface area contributed by atoms with Gasteiger partial charge >= 0.3 is 5.97 Å². The first-order valence-electron chi connectivity index (χ1n) is 5.77. The van der Waals surface area contributed by atoms with Crippen molar-refractivity contribution in [2.45, 2.75) is 31.8 Å². The lowest BCUT2D eigenvalue weighted by molar-refractivity contribution is 0.0238. The van der Waals surface area contributed by atoms with Gasteiger partial charge in [-0.1, -0.05) is 37.0 Å². The molecule has 20 heavy (non-hydrogen) atoms. The van der Waals surface area contributed by atoms with Crippen molar-refractivity contribution >= 4 is 39.2 Å². The number of rotatable bonds is 4. The molecule has 0 fully saturated rings. The first kappa shape index (κ1) is 17.2. The van der Waals surface area contributed by atoms with E-state index in [1.807, 2.05) is 13.8 Å². The topological polar surface area (TPSA) is 86.5 Å². The Kier molecular flexibility index (Phi) is 5.43. The Bertz CT molecular complexity index is 629. The van der Waals surface area contributed by atoms with Gasteiger partial charge in [-0.25, -0.2) is 18.4 Å².